The second-order valence-electron chi connectivity index (χ2n) is 7.42. The van der Waals surface area contributed by atoms with E-state index in [4.69, 9.17) is 0 Å². The Labute approximate surface area is 101 Å². The van der Waals surface area contributed by atoms with E-state index in [0.717, 1.165) is 6.04 Å². The van der Waals surface area contributed by atoms with Gasteiger partial charge in [0.2, 0.25) is 0 Å². The van der Waals surface area contributed by atoms with Gasteiger partial charge >= 0.3 is 0 Å². The van der Waals surface area contributed by atoms with E-state index in [1.165, 1.54) is 57.9 Å². The van der Waals surface area contributed by atoms with Gasteiger partial charge in [0.1, 0.15) is 0 Å². The summed E-state index contributed by atoms with van der Waals surface area (Å²) in [5.41, 5.74) is 1.17. The largest absolute Gasteiger partial charge is 0.313 e. The van der Waals surface area contributed by atoms with Crippen LogP contribution >= 0.6 is 0 Å². The SMILES string of the molecule is CC(C)(C)CCC1(CNC2CC2)CCCC1. The Morgan fingerprint density at radius 2 is 1.75 bits per heavy atom. The molecular formula is C15H29N. The number of nitrogens with one attached hydrogen (secondary N) is 1. The molecule has 0 aliphatic heterocycles. The Balaban J connectivity index is 1.81. The van der Waals surface area contributed by atoms with Crippen LogP contribution < -0.4 is 5.32 Å². The van der Waals surface area contributed by atoms with Gasteiger partial charge in [0.05, 0.1) is 0 Å². The van der Waals surface area contributed by atoms with Crippen LogP contribution in [0.3, 0.4) is 0 Å². The predicted molar refractivity (Wildman–Crippen MR) is 70.6 cm³/mol. The summed E-state index contributed by atoms with van der Waals surface area (Å²) < 4.78 is 0. The van der Waals surface area contributed by atoms with Crippen LogP contribution in [0.25, 0.3) is 0 Å². The third kappa shape index (κ3) is 3.76. The fourth-order valence-electron chi connectivity index (χ4n) is 2.93. The van der Waals surface area contributed by atoms with E-state index in [9.17, 15) is 0 Å². The molecule has 0 aromatic carbocycles. The fourth-order valence-corrected chi connectivity index (χ4v) is 2.93. The molecule has 0 saturated heterocycles. The smallest absolute Gasteiger partial charge is 0.00684 e. The molecule has 1 N–H and O–H groups in total. The van der Waals surface area contributed by atoms with Crippen LogP contribution in [-0.2, 0) is 0 Å². The molecule has 0 heterocycles. The number of hydrogen-bond donors (Lipinski definition) is 1. The standard InChI is InChI=1S/C15H29N/c1-14(2,3)10-11-15(8-4-5-9-15)12-16-13-6-7-13/h13,16H,4-12H2,1-3H3. The average molecular weight is 223 g/mol. The molecule has 0 amide bonds. The molecule has 1 heteroatoms. The highest BCUT2D eigenvalue weighted by molar-refractivity contribution is 4.91. The van der Waals surface area contributed by atoms with Gasteiger partial charge in [0.25, 0.3) is 0 Å². The summed E-state index contributed by atoms with van der Waals surface area (Å²) >= 11 is 0. The van der Waals surface area contributed by atoms with Crippen LogP contribution in [0.15, 0.2) is 0 Å². The lowest BCUT2D eigenvalue weighted by atomic mass is 9.76. The summed E-state index contributed by atoms with van der Waals surface area (Å²) in [5.74, 6) is 0. The Hall–Kier alpha value is -0.0400. The molecule has 0 atom stereocenters. The van der Waals surface area contributed by atoms with Crippen molar-refractivity contribution in [1.82, 2.24) is 5.32 Å². The number of rotatable bonds is 5. The summed E-state index contributed by atoms with van der Waals surface area (Å²) in [6.45, 7) is 8.44. The van der Waals surface area contributed by atoms with Crippen molar-refractivity contribution in [1.29, 1.82) is 0 Å². The first-order valence-electron chi connectivity index (χ1n) is 7.23. The number of hydrogen-bond acceptors (Lipinski definition) is 1. The molecule has 0 aromatic heterocycles. The van der Waals surface area contributed by atoms with Crippen molar-refractivity contribution in [3.8, 4) is 0 Å². The lowest BCUT2D eigenvalue weighted by Crippen LogP contribution is -2.34. The highest BCUT2D eigenvalue weighted by Crippen LogP contribution is 2.44. The minimum atomic E-state index is 0.509. The topological polar surface area (TPSA) is 12.0 Å². The van der Waals surface area contributed by atoms with Crippen LogP contribution in [-0.4, -0.2) is 12.6 Å². The highest BCUT2D eigenvalue weighted by Gasteiger charge is 2.35. The van der Waals surface area contributed by atoms with Gasteiger partial charge in [-0.05, 0) is 49.4 Å². The van der Waals surface area contributed by atoms with Crippen LogP contribution in [0.2, 0.25) is 0 Å². The maximum atomic E-state index is 3.78. The van der Waals surface area contributed by atoms with Crippen LogP contribution in [0.4, 0.5) is 0 Å². The van der Waals surface area contributed by atoms with Gasteiger partial charge in [-0.1, -0.05) is 33.6 Å². The molecule has 2 saturated carbocycles. The van der Waals surface area contributed by atoms with Gasteiger partial charge in [-0.15, -0.1) is 0 Å². The zero-order valence-corrected chi connectivity index (χ0v) is 11.4. The molecule has 2 aliphatic carbocycles. The van der Waals surface area contributed by atoms with Gasteiger partial charge < -0.3 is 5.32 Å². The summed E-state index contributed by atoms with van der Waals surface area (Å²) in [5, 5.41) is 3.78. The van der Waals surface area contributed by atoms with E-state index in [1.807, 2.05) is 0 Å². The second-order valence-corrected chi connectivity index (χ2v) is 7.42. The van der Waals surface area contributed by atoms with Crippen molar-refractivity contribution in [2.75, 3.05) is 6.54 Å². The van der Waals surface area contributed by atoms with E-state index >= 15 is 0 Å². The van der Waals surface area contributed by atoms with Gasteiger partial charge in [-0.2, -0.15) is 0 Å². The van der Waals surface area contributed by atoms with E-state index in [0.29, 0.717) is 10.8 Å². The maximum absolute atomic E-state index is 3.78. The van der Waals surface area contributed by atoms with Gasteiger partial charge in [0, 0.05) is 12.6 Å². The Bertz CT molecular complexity index is 216. The molecule has 16 heavy (non-hydrogen) atoms. The van der Waals surface area contributed by atoms with Gasteiger partial charge in [-0.25, -0.2) is 0 Å². The van der Waals surface area contributed by atoms with E-state index < -0.39 is 0 Å². The molecule has 0 spiro atoms. The van der Waals surface area contributed by atoms with E-state index in [2.05, 4.69) is 26.1 Å². The van der Waals surface area contributed by atoms with Crippen molar-refractivity contribution in [2.45, 2.75) is 78.2 Å². The normalized spacial score (nSPS) is 24.9. The van der Waals surface area contributed by atoms with Crippen LogP contribution in [0.1, 0.15) is 72.1 Å². The van der Waals surface area contributed by atoms with Gasteiger partial charge in [0.15, 0.2) is 0 Å². The lowest BCUT2D eigenvalue weighted by molar-refractivity contribution is 0.209. The molecule has 2 fully saturated rings. The zero-order chi connectivity index (χ0) is 11.6. The highest BCUT2D eigenvalue weighted by atomic mass is 15.0. The third-order valence-electron chi connectivity index (χ3n) is 4.41. The molecule has 0 unspecified atom stereocenters. The minimum Gasteiger partial charge on any atom is -0.313 e. The molecule has 2 aliphatic rings. The predicted octanol–water partition coefficient (Wildman–Crippen LogP) is 4.13. The summed E-state index contributed by atoms with van der Waals surface area (Å²) in [6.07, 6.45) is 11.6. The van der Waals surface area contributed by atoms with E-state index in [-0.39, 0.29) is 0 Å². The van der Waals surface area contributed by atoms with Crippen LogP contribution in [0, 0.1) is 10.8 Å². The molecule has 94 valence electrons. The molecule has 0 radical (unpaired) electrons. The van der Waals surface area contributed by atoms with Crippen LogP contribution in [0.5, 0.6) is 0 Å². The summed E-state index contributed by atoms with van der Waals surface area (Å²) in [7, 11) is 0. The molecule has 2 rings (SSSR count). The lowest BCUT2D eigenvalue weighted by Gasteiger charge is -2.32. The van der Waals surface area contributed by atoms with E-state index in [1.54, 1.807) is 0 Å². The van der Waals surface area contributed by atoms with Crippen molar-refractivity contribution >= 4 is 0 Å². The molecule has 1 nitrogen and oxygen atoms in total. The zero-order valence-electron chi connectivity index (χ0n) is 11.4. The monoisotopic (exact) mass is 223 g/mol. The Kier molecular flexibility index (Phi) is 3.63. The van der Waals surface area contributed by atoms with Crippen molar-refractivity contribution in [3.63, 3.8) is 0 Å². The fraction of sp³-hybridized carbons (Fsp3) is 1.00. The van der Waals surface area contributed by atoms with Gasteiger partial charge in [-0.3, -0.25) is 0 Å². The summed E-state index contributed by atoms with van der Waals surface area (Å²) in [4.78, 5) is 0. The average Bonchev–Trinajstić information content (AvgIpc) is 2.91. The third-order valence-corrected chi connectivity index (χ3v) is 4.41. The maximum Gasteiger partial charge on any atom is 0.00684 e. The molecule has 0 aromatic rings. The molecular weight excluding hydrogens is 194 g/mol. The minimum absolute atomic E-state index is 0.509. The Morgan fingerprint density at radius 3 is 2.25 bits per heavy atom. The summed E-state index contributed by atoms with van der Waals surface area (Å²) in [6, 6.07) is 0.882. The molecule has 0 bridgehead atoms. The quantitative estimate of drug-likeness (QED) is 0.739. The first-order chi connectivity index (χ1) is 7.49. The second kappa shape index (κ2) is 4.68. The first-order valence-corrected chi connectivity index (χ1v) is 7.23. The first kappa shape index (κ1) is 12.4. The van der Waals surface area contributed by atoms with Crippen molar-refractivity contribution in [2.24, 2.45) is 10.8 Å². The van der Waals surface area contributed by atoms with Crippen molar-refractivity contribution in [3.05, 3.63) is 0 Å². The Morgan fingerprint density at radius 1 is 1.12 bits per heavy atom. The van der Waals surface area contributed by atoms with Crippen molar-refractivity contribution < 1.29 is 0 Å².